The van der Waals surface area contributed by atoms with Gasteiger partial charge in [0, 0.05) is 26.2 Å². The molecule has 2 N–H and O–H groups in total. The Hall–Kier alpha value is -2.33. The lowest BCUT2D eigenvalue weighted by Crippen LogP contribution is -2.64. The van der Waals surface area contributed by atoms with Crippen LogP contribution in [-0.4, -0.2) is 57.1 Å². The quantitative estimate of drug-likeness (QED) is 0.628. The number of hydrogen-bond donors (Lipinski definition) is 2. The van der Waals surface area contributed by atoms with Crippen molar-refractivity contribution in [1.82, 2.24) is 14.9 Å². The summed E-state index contributed by atoms with van der Waals surface area (Å²) in [6.07, 6.45) is 1.34. The van der Waals surface area contributed by atoms with Gasteiger partial charge in [-0.25, -0.2) is 8.42 Å². The number of amidine groups is 1. The van der Waals surface area contributed by atoms with Crippen LogP contribution < -0.4 is 20.1 Å². The highest BCUT2D eigenvalue weighted by atomic mass is 35.5. The minimum atomic E-state index is -3.52. The van der Waals surface area contributed by atoms with E-state index in [4.69, 9.17) is 14.5 Å². The molecule has 5 rings (SSSR count). The van der Waals surface area contributed by atoms with Crippen LogP contribution in [0.2, 0.25) is 0 Å². The molecule has 8 nitrogen and oxygen atoms in total. The van der Waals surface area contributed by atoms with E-state index in [2.05, 4.69) is 24.5 Å². The molecule has 0 aliphatic carbocycles. The van der Waals surface area contributed by atoms with E-state index in [1.165, 1.54) is 0 Å². The molecule has 0 atom stereocenters. The highest BCUT2D eigenvalue weighted by molar-refractivity contribution is 7.89. The number of sulfonamides is 1. The molecule has 0 saturated carbocycles. The van der Waals surface area contributed by atoms with Crippen LogP contribution >= 0.6 is 12.4 Å². The molecule has 0 aromatic heterocycles. The lowest BCUT2D eigenvalue weighted by atomic mass is 9.85. The Balaban J connectivity index is 0.00000289. The number of fused-ring (bicyclic) bond motifs is 1. The van der Waals surface area contributed by atoms with Crippen LogP contribution in [0, 0.1) is 0 Å². The standard InChI is InChI=1S/C25H32N4O4S.ClH/c1-18(2)20-4-6-21(7-5-20)34(30,31)29-13-9-25(10-14-29)24(26-11-12-28-25)27-16-19-3-8-22-23(15-19)33-17-32-22;/h3-8,15,18,28H,9-14,16-17H2,1-2H3,(H,26,27);1H. The highest BCUT2D eigenvalue weighted by Gasteiger charge is 2.43. The van der Waals surface area contributed by atoms with E-state index in [-0.39, 0.29) is 24.7 Å². The number of halogens is 1. The molecule has 10 heteroatoms. The summed E-state index contributed by atoms with van der Waals surface area (Å²) >= 11 is 0. The number of hydrogen-bond acceptors (Lipinski definition) is 7. The Morgan fingerprint density at radius 3 is 2.51 bits per heavy atom. The van der Waals surface area contributed by atoms with Gasteiger partial charge < -0.3 is 20.1 Å². The largest absolute Gasteiger partial charge is 0.454 e. The van der Waals surface area contributed by atoms with Gasteiger partial charge in [-0.15, -0.1) is 12.4 Å². The fourth-order valence-electron chi connectivity index (χ4n) is 4.86. The SMILES string of the molecule is CC(C)c1ccc(S(=O)(=O)N2CCC3(CC2)NCCN=C3NCc2ccc3c(c2)OCO3)cc1.Cl. The van der Waals surface area contributed by atoms with Gasteiger partial charge >= 0.3 is 0 Å². The Morgan fingerprint density at radius 1 is 1.09 bits per heavy atom. The van der Waals surface area contributed by atoms with Crippen LogP contribution in [0.25, 0.3) is 0 Å². The van der Waals surface area contributed by atoms with Gasteiger partial charge in [-0.1, -0.05) is 32.0 Å². The first-order chi connectivity index (χ1) is 16.4. The van der Waals surface area contributed by atoms with Crippen molar-refractivity contribution in [2.75, 3.05) is 33.0 Å². The third-order valence-electron chi connectivity index (χ3n) is 6.96. The smallest absolute Gasteiger partial charge is 0.243 e. The van der Waals surface area contributed by atoms with Crippen molar-refractivity contribution in [3.63, 3.8) is 0 Å². The Morgan fingerprint density at radius 2 is 1.80 bits per heavy atom. The van der Waals surface area contributed by atoms with Gasteiger partial charge in [0.1, 0.15) is 5.84 Å². The van der Waals surface area contributed by atoms with Gasteiger partial charge in [-0.05, 0) is 54.2 Å². The van der Waals surface area contributed by atoms with E-state index in [1.54, 1.807) is 16.4 Å². The number of aliphatic imine (C=N–C) groups is 1. The maximum Gasteiger partial charge on any atom is 0.243 e. The normalized spacial score (nSPS) is 19.3. The fraction of sp³-hybridized carbons (Fsp3) is 0.480. The molecule has 0 bridgehead atoms. The van der Waals surface area contributed by atoms with Crippen LogP contribution in [0.4, 0.5) is 0 Å². The summed E-state index contributed by atoms with van der Waals surface area (Å²) in [5.74, 6) is 2.81. The van der Waals surface area contributed by atoms with Crippen molar-refractivity contribution in [3.05, 3.63) is 53.6 Å². The summed E-state index contributed by atoms with van der Waals surface area (Å²) in [7, 11) is -3.52. The number of piperidine rings is 1. The first kappa shape index (κ1) is 25.8. The second kappa shape index (κ2) is 10.3. The van der Waals surface area contributed by atoms with Crippen LogP contribution in [0.3, 0.4) is 0 Å². The summed E-state index contributed by atoms with van der Waals surface area (Å²) < 4.78 is 39.0. The van der Waals surface area contributed by atoms with Crippen molar-refractivity contribution in [2.45, 2.75) is 49.6 Å². The Labute approximate surface area is 213 Å². The van der Waals surface area contributed by atoms with E-state index < -0.39 is 10.0 Å². The van der Waals surface area contributed by atoms with Gasteiger partial charge in [0.2, 0.25) is 16.8 Å². The minimum absolute atomic E-state index is 0. The number of rotatable bonds is 5. The topological polar surface area (TPSA) is 92.3 Å². The number of ether oxygens (including phenoxy) is 2. The molecule has 0 radical (unpaired) electrons. The summed E-state index contributed by atoms with van der Waals surface area (Å²) in [4.78, 5) is 5.15. The molecule has 2 aromatic rings. The van der Waals surface area contributed by atoms with Crippen LogP contribution in [0.1, 0.15) is 43.7 Å². The zero-order valence-electron chi connectivity index (χ0n) is 20.1. The van der Waals surface area contributed by atoms with Crippen molar-refractivity contribution < 1.29 is 17.9 Å². The Kier molecular flexibility index (Phi) is 7.61. The van der Waals surface area contributed by atoms with E-state index in [1.807, 2.05) is 30.3 Å². The number of benzene rings is 2. The lowest BCUT2D eigenvalue weighted by molar-refractivity contribution is 0.174. The molecule has 0 unspecified atom stereocenters. The van der Waals surface area contributed by atoms with Crippen molar-refractivity contribution in [2.24, 2.45) is 4.99 Å². The molecule has 3 aliphatic rings. The second-order valence-electron chi connectivity index (χ2n) is 9.41. The third-order valence-corrected chi connectivity index (χ3v) is 8.87. The Bertz CT molecular complexity index is 1180. The van der Waals surface area contributed by atoms with Crippen molar-refractivity contribution in [3.8, 4) is 11.5 Å². The predicted molar refractivity (Wildman–Crippen MR) is 138 cm³/mol. The molecular formula is C25H33ClN4O4S. The zero-order chi connectivity index (χ0) is 23.8. The molecule has 1 fully saturated rings. The highest BCUT2D eigenvalue weighted by Crippen LogP contribution is 2.33. The summed E-state index contributed by atoms with van der Waals surface area (Å²) in [5.41, 5.74) is 1.89. The molecule has 190 valence electrons. The molecule has 0 amide bonds. The fourth-order valence-corrected chi connectivity index (χ4v) is 6.30. The van der Waals surface area contributed by atoms with E-state index in [0.29, 0.717) is 49.8 Å². The van der Waals surface area contributed by atoms with E-state index in [0.717, 1.165) is 35.0 Å². The summed E-state index contributed by atoms with van der Waals surface area (Å²) in [6, 6.07) is 13.2. The van der Waals surface area contributed by atoms with Gasteiger partial charge in [-0.2, -0.15) is 4.31 Å². The maximum atomic E-state index is 13.3. The molecular weight excluding hydrogens is 488 g/mol. The average Bonchev–Trinajstić information content (AvgIpc) is 3.32. The van der Waals surface area contributed by atoms with Gasteiger partial charge in [0.05, 0.1) is 17.0 Å². The van der Waals surface area contributed by atoms with E-state index >= 15 is 0 Å². The molecule has 35 heavy (non-hydrogen) atoms. The number of nitrogens with zero attached hydrogens (tertiary/aromatic N) is 2. The van der Waals surface area contributed by atoms with E-state index in [9.17, 15) is 8.42 Å². The van der Waals surface area contributed by atoms with Crippen molar-refractivity contribution >= 4 is 28.3 Å². The lowest BCUT2D eigenvalue weighted by Gasteiger charge is -2.44. The molecule has 2 aromatic carbocycles. The van der Waals surface area contributed by atoms with Gasteiger partial charge in [0.25, 0.3) is 0 Å². The molecule has 1 saturated heterocycles. The second-order valence-corrected chi connectivity index (χ2v) is 11.3. The predicted octanol–water partition coefficient (Wildman–Crippen LogP) is 3.28. The summed E-state index contributed by atoms with van der Waals surface area (Å²) in [6.45, 7) is 7.47. The van der Waals surface area contributed by atoms with Crippen molar-refractivity contribution in [1.29, 1.82) is 0 Å². The van der Waals surface area contributed by atoms with Crippen LogP contribution in [0.5, 0.6) is 11.5 Å². The first-order valence-corrected chi connectivity index (χ1v) is 13.3. The van der Waals surface area contributed by atoms with Gasteiger partial charge in [-0.3, -0.25) is 4.99 Å². The molecule has 1 spiro atoms. The first-order valence-electron chi connectivity index (χ1n) is 11.9. The average molecular weight is 521 g/mol. The zero-order valence-corrected chi connectivity index (χ0v) is 21.8. The van der Waals surface area contributed by atoms with Crippen LogP contribution in [-0.2, 0) is 16.6 Å². The van der Waals surface area contributed by atoms with Gasteiger partial charge in [0.15, 0.2) is 11.5 Å². The molecule has 3 aliphatic heterocycles. The van der Waals surface area contributed by atoms with Crippen LogP contribution in [0.15, 0.2) is 52.4 Å². The summed E-state index contributed by atoms with van der Waals surface area (Å²) in [5, 5.41) is 7.15. The maximum absolute atomic E-state index is 13.3. The monoisotopic (exact) mass is 520 g/mol. The number of nitrogens with one attached hydrogen (secondary N) is 2. The molecule has 3 heterocycles. The minimum Gasteiger partial charge on any atom is -0.454 e. The third kappa shape index (κ3) is 5.14.